The van der Waals surface area contributed by atoms with Crippen molar-refractivity contribution in [3.8, 4) is 11.5 Å². The highest BCUT2D eigenvalue weighted by atomic mass is 19.4. The lowest BCUT2D eigenvalue weighted by atomic mass is 9.88. The molecule has 0 spiro atoms. The van der Waals surface area contributed by atoms with Gasteiger partial charge in [-0.05, 0) is 48.7 Å². The van der Waals surface area contributed by atoms with Crippen molar-refractivity contribution in [2.45, 2.75) is 37.7 Å². The Balaban J connectivity index is 1.72. The molecule has 2 aliphatic heterocycles. The van der Waals surface area contributed by atoms with Crippen LogP contribution in [0.25, 0.3) is 0 Å². The number of carbonyl (C=O) groups is 1. The molecule has 0 saturated carbocycles. The van der Waals surface area contributed by atoms with Gasteiger partial charge in [0.25, 0.3) is 0 Å². The van der Waals surface area contributed by atoms with Crippen molar-refractivity contribution in [2.75, 3.05) is 11.9 Å². The Morgan fingerprint density at radius 1 is 1.18 bits per heavy atom. The van der Waals surface area contributed by atoms with Crippen LogP contribution in [0.4, 0.5) is 18.9 Å². The van der Waals surface area contributed by atoms with Gasteiger partial charge in [-0.3, -0.25) is 4.79 Å². The molecule has 4 rings (SSSR count). The van der Waals surface area contributed by atoms with Crippen molar-refractivity contribution in [2.24, 2.45) is 0 Å². The van der Waals surface area contributed by atoms with Crippen LogP contribution in [0.15, 0.2) is 42.5 Å². The van der Waals surface area contributed by atoms with E-state index < -0.39 is 6.36 Å². The van der Waals surface area contributed by atoms with Crippen molar-refractivity contribution in [1.29, 1.82) is 0 Å². The van der Waals surface area contributed by atoms with Gasteiger partial charge in [0, 0.05) is 24.2 Å². The van der Waals surface area contributed by atoms with Crippen LogP contribution in [-0.4, -0.2) is 28.8 Å². The number of rotatable bonds is 3. The van der Waals surface area contributed by atoms with Gasteiger partial charge in [-0.2, -0.15) is 0 Å². The SMILES string of the molecule is O=C1CCCN1C1CC(c2cccc(O)c2)Nc2ccc(OC(F)(F)F)cc21. The number of nitrogens with one attached hydrogen (secondary N) is 1. The lowest BCUT2D eigenvalue weighted by molar-refractivity contribution is -0.274. The van der Waals surface area contributed by atoms with Crippen LogP contribution >= 0.6 is 0 Å². The lowest BCUT2D eigenvalue weighted by Crippen LogP contribution is -2.35. The van der Waals surface area contributed by atoms with E-state index in [0.717, 1.165) is 12.0 Å². The number of likely N-dealkylation sites (tertiary alicyclic amines) is 1. The van der Waals surface area contributed by atoms with E-state index in [2.05, 4.69) is 10.1 Å². The van der Waals surface area contributed by atoms with E-state index in [1.165, 1.54) is 12.1 Å². The molecule has 5 nitrogen and oxygen atoms in total. The number of phenolic OH excluding ortho intramolecular Hbond substituents is 1. The summed E-state index contributed by atoms with van der Waals surface area (Å²) in [5.74, 6) is -0.178. The fourth-order valence-corrected chi connectivity index (χ4v) is 4.00. The Morgan fingerprint density at radius 2 is 2.00 bits per heavy atom. The van der Waals surface area contributed by atoms with Crippen LogP contribution in [0.3, 0.4) is 0 Å². The Labute approximate surface area is 159 Å². The molecule has 1 amide bonds. The van der Waals surface area contributed by atoms with Gasteiger partial charge in [0.1, 0.15) is 11.5 Å². The van der Waals surface area contributed by atoms with E-state index in [1.807, 2.05) is 6.07 Å². The minimum absolute atomic E-state index is 0.00495. The molecule has 0 bridgehead atoms. The van der Waals surface area contributed by atoms with Crippen LogP contribution in [0.5, 0.6) is 11.5 Å². The number of fused-ring (bicyclic) bond motifs is 1. The highest BCUT2D eigenvalue weighted by Crippen LogP contribution is 2.45. The number of hydrogen-bond acceptors (Lipinski definition) is 4. The number of benzene rings is 2. The Kier molecular flexibility index (Phi) is 4.56. The summed E-state index contributed by atoms with van der Waals surface area (Å²) in [6.45, 7) is 0.569. The number of phenols is 1. The maximum atomic E-state index is 12.6. The lowest BCUT2D eigenvalue weighted by Gasteiger charge is -2.38. The molecule has 2 aliphatic rings. The first-order valence-corrected chi connectivity index (χ1v) is 9.05. The van der Waals surface area contributed by atoms with E-state index in [9.17, 15) is 23.1 Å². The molecular formula is C20H19F3N2O3. The van der Waals surface area contributed by atoms with Crippen molar-refractivity contribution >= 4 is 11.6 Å². The summed E-state index contributed by atoms with van der Waals surface area (Å²) in [6, 6.07) is 10.4. The van der Waals surface area contributed by atoms with Crippen molar-refractivity contribution in [3.05, 3.63) is 53.6 Å². The molecule has 2 unspecified atom stereocenters. The summed E-state index contributed by atoms with van der Waals surface area (Å²) in [5, 5.41) is 13.1. The second-order valence-electron chi connectivity index (χ2n) is 7.03. The first kappa shape index (κ1) is 18.5. The predicted octanol–water partition coefficient (Wildman–Crippen LogP) is 4.51. The average molecular weight is 392 g/mol. The third-order valence-electron chi connectivity index (χ3n) is 5.16. The molecule has 2 N–H and O–H groups in total. The molecule has 2 aromatic rings. The van der Waals surface area contributed by atoms with Crippen LogP contribution in [0.1, 0.15) is 42.5 Å². The van der Waals surface area contributed by atoms with Gasteiger partial charge in [-0.25, -0.2) is 0 Å². The number of ether oxygens (including phenoxy) is 1. The zero-order chi connectivity index (χ0) is 19.9. The normalized spacial score (nSPS) is 22.0. The fourth-order valence-electron chi connectivity index (χ4n) is 4.00. The van der Waals surface area contributed by atoms with Gasteiger partial charge in [0.15, 0.2) is 0 Å². The molecule has 1 fully saturated rings. The van der Waals surface area contributed by atoms with E-state index in [4.69, 9.17) is 0 Å². The molecule has 2 aromatic carbocycles. The maximum Gasteiger partial charge on any atom is 0.573 e. The molecule has 2 atom stereocenters. The van der Waals surface area contributed by atoms with Gasteiger partial charge in [-0.15, -0.1) is 13.2 Å². The Bertz CT molecular complexity index is 901. The van der Waals surface area contributed by atoms with E-state index in [0.29, 0.717) is 30.6 Å². The summed E-state index contributed by atoms with van der Waals surface area (Å²) in [7, 11) is 0. The quantitative estimate of drug-likeness (QED) is 0.807. The molecule has 0 aliphatic carbocycles. The number of aromatic hydroxyl groups is 1. The maximum absolute atomic E-state index is 12.6. The van der Waals surface area contributed by atoms with E-state index in [1.54, 1.807) is 29.2 Å². The number of carbonyl (C=O) groups excluding carboxylic acids is 1. The Hall–Kier alpha value is -2.90. The van der Waals surface area contributed by atoms with Gasteiger partial charge < -0.3 is 20.1 Å². The zero-order valence-corrected chi connectivity index (χ0v) is 14.9. The summed E-state index contributed by atoms with van der Waals surface area (Å²) in [4.78, 5) is 14.1. The average Bonchev–Trinajstić information content (AvgIpc) is 3.05. The summed E-state index contributed by atoms with van der Waals surface area (Å²) in [6.07, 6.45) is -3.13. The second-order valence-corrected chi connectivity index (χ2v) is 7.03. The molecule has 148 valence electrons. The van der Waals surface area contributed by atoms with Gasteiger partial charge >= 0.3 is 6.36 Å². The number of alkyl halides is 3. The largest absolute Gasteiger partial charge is 0.573 e. The van der Waals surface area contributed by atoms with Crippen LogP contribution in [-0.2, 0) is 4.79 Å². The summed E-state index contributed by atoms with van der Waals surface area (Å²) in [5.41, 5.74) is 2.10. The van der Waals surface area contributed by atoms with Gasteiger partial charge in [0.05, 0.1) is 12.1 Å². The van der Waals surface area contributed by atoms with Crippen molar-refractivity contribution in [1.82, 2.24) is 4.90 Å². The minimum atomic E-state index is -4.78. The zero-order valence-electron chi connectivity index (χ0n) is 14.9. The summed E-state index contributed by atoms with van der Waals surface area (Å²) < 4.78 is 42.0. The number of anilines is 1. The number of amides is 1. The second kappa shape index (κ2) is 6.92. The first-order valence-electron chi connectivity index (χ1n) is 9.05. The molecule has 1 saturated heterocycles. The number of nitrogens with zero attached hydrogens (tertiary/aromatic N) is 1. The third-order valence-corrected chi connectivity index (χ3v) is 5.16. The van der Waals surface area contributed by atoms with Crippen LogP contribution < -0.4 is 10.1 Å². The van der Waals surface area contributed by atoms with Crippen LogP contribution in [0, 0.1) is 0 Å². The number of hydrogen-bond donors (Lipinski definition) is 2. The number of halogens is 3. The molecular weight excluding hydrogens is 373 g/mol. The van der Waals surface area contributed by atoms with Gasteiger partial charge in [0.2, 0.25) is 5.91 Å². The highest BCUT2D eigenvalue weighted by molar-refractivity contribution is 5.79. The standard InChI is InChI=1S/C20H19F3N2O3/c21-20(22,23)28-14-6-7-16-15(10-14)18(25-8-2-5-19(25)27)11-17(24-16)12-3-1-4-13(26)9-12/h1,3-4,6-7,9-10,17-18,24,26H,2,5,8,11H2. The highest BCUT2D eigenvalue weighted by Gasteiger charge is 2.37. The topological polar surface area (TPSA) is 61.8 Å². The first-order chi connectivity index (χ1) is 13.3. The molecule has 8 heteroatoms. The molecule has 0 radical (unpaired) electrons. The monoisotopic (exact) mass is 392 g/mol. The van der Waals surface area contributed by atoms with Crippen LogP contribution in [0.2, 0.25) is 0 Å². The minimum Gasteiger partial charge on any atom is -0.508 e. The molecule has 0 aromatic heterocycles. The van der Waals surface area contributed by atoms with Crippen molar-refractivity contribution < 1.29 is 27.8 Å². The summed E-state index contributed by atoms with van der Waals surface area (Å²) >= 11 is 0. The third kappa shape index (κ3) is 3.72. The van der Waals surface area contributed by atoms with E-state index >= 15 is 0 Å². The smallest absolute Gasteiger partial charge is 0.508 e. The van der Waals surface area contributed by atoms with Gasteiger partial charge in [-0.1, -0.05) is 12.1 Å². The van der Waals surface area contributed by atoms with E-state index in [-0.39, 0.29) is 29.5 Å². The molecule has 28 heavy (non-hydrogen) atoms. The Morgan fingerprint density at radius 3 is 2.68 bits per heavy atom. The van der Waals surface area contributed by atoms with Crippen molar-refractivity contribution in [3.63, 3.8) is 0 Å². The molecule has 2 heterocycles. The fraction of sp³-hybridized carbons (Fsp3) is 0.350. The predicted molar refractivity (Wildman–Crippen MR) is 95.9 cm³/mol.